The van der Waals surface area contributed by atoms with Crippen LogP contribution in [0.3, 0.4) is 0 Å². The Bertz CT molecular complexity index is 1740. The fourth-order valence-corrected chi connectivity index (χ4v) is 5.15. The SMILES string of the molecule is C1CCOC1.CC(C)c1cc[c-]cc1.Cc1cnc(-c2ccc(C(C)C)cc2)c2ccccc12.Cc1cncc2ccccc12.[Cl-].[Mg+2]. The van der Waals surface area contributed by atoms with E-state index in [2.05, 4.69) is 136 Å². The average molecular weight is 656 g/mol. The molecule has 47 heavy (non-hydrogen) atoms. The van der Waals surface area contributed by atoms with E-state index < -0.39 is 0 Å². The van der Waals surface area contributed by atoms with Crippen molar-refractivity contribution in [3.05, 3.63) is 144 Å². The Morgan fingerprint density at radius 3 is 1.68 bits per heavy atom. The molecular weight excluding hydrogens is 608 g/mol. The zero-order valence-corrected chi connectivity index (χ0v) is 31.0. The van der Waals surface area contributed by atoms with E-state index in [9.17, 15) is 0 Å². The summed E-state index contributed by atoms with van der Waals surface area (Å²) in [5.41, 5.74) is 7.47. The minimum absolute atomic E-state index is 0. The maximum Gasteiger partial charge on any atom is 2.00 e. The van der Waals surface area contributed by atoms with Crippen LogP contribution in [0.5, 0.6) is 0 Å². The van der Waals surface area contributed by atoms with Crippen molar-refractivity contribution < 1.29 is 17.1 Å². The van der Waals surface area contributed by atoms with Crippen LogP contribution in [0.2, 0.25) is 0 Å². The van der Waals surface area contributed by atoms with Crippen molar-refractivity contribution in [2.75, 3.05) is 13.2 Å². The standard InChI is InChI=1S/C19H19N.C10H9N.C9H11.C4H8O.ClH.Mg/c1-13(2)15-8-10-16(11-9-15)19-18-7-5-4-6-17(18)14(3)12-20-19;1-8-6-11-7-9-4-2-3-5-10(8)9;1-8(2)9-6-4-3-5-7-9;1-2-4-5-3-1;;/h4-13H,1-3H3;2-7H,1H3;4-8H,1-2H3;1-4H2;1H;/q;;-1;;;+2/p-1. The van der Waals surface area contributed by atoms with Gasteiger partial charge in [0.2, 0.25) is 0 Å². The molecule has 0 radical (unpaired) electrons. The van der Waals surface area contributed by atoms with Crippen molar-refractivity contribution in [3.8, 4) is 11.3 Å². The largest absolute Gasteiger partial charge is 2.00 e. The van der Waals surface area contributed by atoms with Crippen molar-refractivity contribution in [2.24, 2.45) is 0 Å². The molecular formula is C42H47ClMgN2O. The number of benzene rings is 4. The molecule has 0 atom stereocenters. The summed E-state index contributed by atoms with van der Waals surface area (Å²) in [6.45, 7) is 15.0. The summed E-state index contributed by atoms with van der Waals surface area (Å²) in [7, 11) is 0. The molecule has 6 aromatic rings. The molecule has 3 heterocycles. The van der Waals surface area contributed by atoms with Crippen LogP contribution in [-0.4, -0.2) is 46.2 Å². The van der Waals surface area contributed by atoms with E-state index in [-0.39, 0.29) is 35.5 Å². The Hall–Kier alpha value is -3.28. The van der Waals surface area contributed by atoms with Gasteiger partial charge in [0, 0.05) is 48.1 Å². The molecule has 0 bridgehead atoms. The molecule has 0 spiro atoms. The number of aromatic nitrogens is 2. The van der Waals surface area contributed by atoms with Crippen LogP contribution in [0.1, 0.15) is 74.6 Å². The maximum absolute atomic E-state index is 4.94. The van der Waals surface area contributed by atoms with Crippen molar-refractivity contribution in [1.29, 1.82) is 0 Å². The zero-order valence-electron chi connectivity index (χ0n) is 28.8. The molecule has 0 aliphatic carbocycles. The first-order valence-corrected chi connectivity index (χ1v) is 16.1. The molecule has 1 saturated heterocycles. The number of pyridine rings is 2. The Kier molecular flexibility index (Phi) is 17.7. The van der Waals surface area contributed by atoms with Crippen LogP contribution >= 0.6 is 0 Å². The Morgan fingerprint density at radius 2 is 1.15 bits per heavy atom. The zero-order chi connectivity index (χ0) is 32.0. The number of halogens is 1. The average Bonchev–Trinajstić information content (AvgIpc) is 3.67. The van der Waals surface area contributed by atoms with Gasteiger partial charge < -0.3 is 17.1 Å². The first-order valence-electron chi connectivity index (χ1n) is 16.1. The van der Waals surface area contributed by atoms with Gasteiger partial charge in [-0.15, -0.1) is 0 Å². The fraction of sp³-hybridized carbons (Fsp3) is 0.286. The molecule has 4 aromatic carbocycles. The molecule has 5 heteroatoms. The molecule has 0 unspecified atom stereocenters. The smallest absolute Gasteiger partial charge is 1.00 e. The number of fused-ring (bicyclic) bond motifs is 2. The second kappa shape index (κ2) is 20.8. The van der Waals surface area contributed by atoms with Crippen molar-refractivity contribution in [1.82, 2.24) is 9.97 Å². The van der Waals surface area contributed by atoms with Gasteiger partial charge in [0.1, 0.15) is 0 Å². The third-order valence-corrected chi connectivity index (χ3v) is 7.95. The molecule has 3 nitrogen and oxygen atoms in total. The van der Waals surface area contributed by atoms with Gasteiger partial charge in [0.05, 0.1) is 5.69 Å². The van der Waals surface area contributed by atoms with Gasteiger partial charge in [-0.2, -0.15) is 35.9 Å². The third-order valence-electron chi connectivity index (χ3n) is 7.95. The summed E-state index contributed by atoms with van der Waals surface area (Å²) < 4.78 is 4.94. The van der Waals surface area contributed by atoms with Gasteiger partial charge in [-0.1, -0.05) is 100 Å². The summed E-state index contributed by atoms with van der Waals surface area (Å²) >= 11 is 0. The second-order valence-corrected chi connectivity index (χ2v) is 12.1. The quantitative estimate of drug-likeness (QED) is 0.144. The van der Waals surface area contributed by atoms with Gasteiger partial charge in [0.15, 0.2) is 0 Å². The van der Waals surface area contributed by atoms with E-state index in [0.29, 0.717) is 11.8 Å². The van der Waals surface area contributed by atoms with Crippen molar-refractivity contribution >= 4 is 44.6 Å². The van der Waals surface area contributed by atoms with Gasteiger partial charge >= 0.3 is 23.1 Å². The van der Waals surface area contributed by atoms with Crippen LogP contribution in [-0.2, 0) is 4.74 Å². The van der Waals surface area contributed by atoms with Crippen LogP contribution in [0.25, 0.3) is 32.8 Å². The van der Waals surface area contributed by atoms with Crippen molar-refractivity contribution in [2.45, 2.75) is 66.2 Å². The first-order chi connectivity index (χ1) is 21.8. The molecule has 1 aliphatic heterocycles. The van der Waals surface area contributed by atoms with Gasteiger partial charge in [-0.25, -0.2) is 0 Å². The Balaban J connectivity index is 0.000000241. The van der Waals surface area contributed by atoms with E-state index in [1.54, 1.807) is 0 Å². The van der Waals surface area contributed by atoms with Gasteiger partial charge in [-0.05, 0) is 66.0 Å². The summed E-state index contributed by atoms with van der Waals surface area (Å²) in [6, 6.07) is 36.6. The first kappa shape index (κ1) is 39.9. The fourth-order valence-electron chi connectivity index (χ4n) is 5.15. The number of aryl methyl sites for hydroxylation is 2. The van der Waals surface area contributed by atoms with E-state index in [4.69, 9.17) is 4.74 Å². The Labute approximate surface area is 304 Å². The Morgan fingerprint density at radius 1 is 0.617 bits per heavy atom. The van der Waals surface area contributed by atoms with E-state index in [1.807, 2.05) is 36.8 Å². The van der Waals surface area contributed by atoms with Crippen LogP contribution in [0.4, 0.5) is 0 Å². The third kappa shape index (κ3) is 12.0. The van der Waals surface area contributed by atoms with Crippen molar-refractivity contribution in [3.63, 3.8) is 0 Å². The molecule has 0 N–H and O–H groups in total. The van der Waals surface area contributed by atoms with Crippen LogP contribution in [0, 0.1) is 19.9 Å². The molecule has 7 rings (SSSR count). The summed E-state index contributed by atoms with van der Waals surface area (Å²) in [4.78, 5) is 8.76. The maximum atomic E-state index is 4.94. The number of nitrogens with zero attached hydrogens (tertiary/aromatic N) is 2. The molecule has 0 amide bonds. The molecule has 1 aliphatic rings. The monoisotopic (exact) mass is 654 g/mol. The number of hydrogen-bond acceptors (Lipinski definition) is 3. The molecule has 1 fully saturated rings. The molecule has 2 aromatic heterocycles. The topological polar surface area (TPSA) is 35.0 Å². The minimum atomic E-state index is 0. The minimum Gasteiger partial charge on any atom is -1.00 e. The summed E-state index contributed by atoms with van der Waals surface area (Å²) in [6.07, 6.45) is 8.30. The predicted molar refractivity (Wildman–Crippen MR) is 198 cm³/mol. The molecule has 0 saturated carbocycles. The van der Waals surface area contributed by atoms with Gasteiger partial charge in [0.25, 0.3) is 0 Å². The normalized spacial score (nSPS) is 11.7. The number of ether oxygens (including phenoxy) is 1. The number of hydrogen-bond donors (Lipinski definition) is 0. The van der Waals surface area contributed by atoms with E-state index in [1.165, 1.54) is 62.2 Å². The van der Waals surface area contributed by atoms with E-state index in [0.717, 1.165) is 18.9 Å². The molecule has 240 valence electrons. The van der Waals surface area contributed by atoms with E-state index >= 15 is 0 Å². The summed E-state index contributed by atoms with van der Waals surface area (Å²) in [5.74, 6) is 1.20. The number of rotatable bonds is 3. The van der Waals surface area contributed by atoms with Gasteiger partial charge in [-0.3, -0.25) is 9.97 Å². The second-order valence-electron chi connectivity index (χ2n) is 12.1. The van der Waals surface area contributed by atoms with Crippen LogP contribution < -0.4 is 12.4 Å². The summed E-state index contributed by atoms with van der Waals surface area (Å²) in [5, 5.41) is 5.02. The van der Waals surface area contributed by atoms with Crippen LogP contribution in [0.15, 0.2) is 116 Å². The predicted octanol–water partition coefficient (Wildman–Crippen LogP) is 7.91.